The van der Waals surface area contributed by atoms with Crippen molar-refractivity contribution in [1.82, 2.24) is 19.7 Å². The number of aromatic nitrogens is 3. The Hall–Kier alpha value is -2.93. The third-order valence-corrected chi connectivity index (χ3v) is 5.63. The van der Waals surface area contributed by atoms with Gasteiger partial charge in [0.25, 0.3) is 5.56 Å². The van der Waals surface area contributed by atoms with Crippen LogP contribution in [-0.2, 0) is 22.6 Å². The molecule has 29 heavy (non-hydrogen) atoms. The maximum Gasteiger partial charge on any atom is 0.276 e. The number of amides is 1. The molecule has 0 radical (unpaired) electrons. The van der Waals surface area contributed by atoms with E-state index >= 15 is 0 Å². The van der Waals surface area contributed by atoms with E-state index in [9.17, 15) is 9.59 Å². The molecule has 0 aliphatic carbocycles. The molecule has 2 aromatic heterocycles. The minimum atomic E-state index is -0.234. The monoisotopic (exact) mass is 394 g/mol. The van der Waals surface area contributed by atoms with Crippen molar-refractivity contribution in [3.63, 3.8) is 0 Å². The van der Waals surface area contributed by atoms with E-state index in [1.807, 2.05) is 32.0 Å². The number of carbonyl (C=O) groups is 1. The lowest BCUT2D eigenvalue weighted by atomic mass is 10.2. The fourth-order valence-corrected chi connectivity index (χ4v) is 3.99. The third-order valence-electron chi connectivity index (χ3n) is 5.63. The van der Waals surface area contributed by atoms with Gasteiger partial charge in [-0.1, -0.05) is 30.3 Å². The Bertz CT molecular complexity index is 1080. The summed E-state index contributed by atoms with van der Waals surface area (Å²) in [7, 11) is 0. The van der Waals surface area contributed by atoms with E-state index in [0.717, 1.165) is 36.2 Å². The summed E-state index contributed by atoms with van der Waals surface area (Å²) in [6.45, 7) is 5.76. The summed E-state index contributed by atoms with van der Waals surface area (Å²) in [5, 5.41) is 8.55. The summed E-state index contributed by atoms with van der Waals surface area (Å²) < 4.78 is 8.89. The van der Waals surface area contributed by atoms with Crippen LogP contribution in [0, 0.1) is 13.8 Å². The number of hydrogen-bond acceptors (Lipinski definition) is 4. The van der Waals surface area contributed by atoms with Gasteiger partial charge < -0.3 is 14.6 Å². The molecular formula is C22H26N4O3. The van der Waals surface area contributed by atoms with Gasteiger partial charge in [-0.3, -0.25) is 9.59 Å². The quantitative estimate of drug-likeness (QED) is 0.695. The predicted octanol–water partition coefficient (Wildman–Crippen LogP) is 2.16. The number of benzene rings is 1. The lowest BCUT2D eigenvalue weighted by molar-refractivity contribution is -0.122. The first-order valence-electron chi connectivity index (χ1n) is 10.0. The zero-order valence-electron chi connectivity index (χ0n) is 16.9. The Morgan fingerprint density at radius 1 is 1.24 bits per heavy atom. The van der Waals surface area contributed by atoms with E-state index in [2.05, 4.69) is 27.1 Å². The fourth-order valence-electron chi connectivity index (χ4n) is 3.99. The topological polar surface area (TPSA) is 78.2 Å². The molecule has 1 N–H and O–H groups in total. The van der Waals surface area contributed by atoms with Crippen molar-refractivity contribution in [1.29, 1.82) is 0 Å². The van der Waals surface area contributed by atoms with Crippen molar-refractivity contribution in [3.05, 3.63) is 63.8 Å². The van der Waals surface area contributed by atoms with Gasteiger partial charge in [-0.05, 0) is 32.3 Å². The molecule has 3 heterocycles. The molecule has 0 bridgehead atoms. The minimum Gasteiger partial charge on any atom is -0.376 e. The van der Waals surface area contributed by atoms with Crippen LogP contribution in [0.5, 0.6) is 0 Å². The Balaban J connectivity index is 1.57. The van der Waals surface area contributed by atoms with E-state index in [4.69, 9.17) is 4.74 Å². The zero-order valence-corrected chi connectivity index (χ0v) is 16.9. The van der Waals surface area contributed by atoms with Crippen molar-refractivity contribution in [2.75, 3.05) is 13.2 Å². The molecule has 4 rings (SSSR count). The average molecular weight is 394 g/mol. The molecule has 1 aliphatic rings. The molecule has 1 atom stereocenters. The largest absolute Gasteiger partial charge is 0.376 e. The van der Waals surface area contributed by atoms with Gasteiger partial charge in [0.15, 0.2) is 0 Å². The Morgan fingerprint density at radius 2 is 2.03 bits per heavy atom. The number of ether oxygens (including phenoxy) is 1. The Kier molecular flexibility index (Phi) is 5.49. The van der Waals surface area contributed by atoms with Crippen molar-refractivity contribution in [2.24, 2.45) is 0 Å². The van der Waals surface area contributed by atoms with Gasteiger partial charge in [-0.15, -0.1) is 0 Å². The van der Waals surface area contributed by atoms with Crippen LogP contribution in [0.3, 0.4) is 0 Å². The number of hydrogen-bond donors (Lipinski definition) is 1. The van der Waals surface area contributed by atoms with Gasteiger partial charge in [0, 0.05) is 36.5 Å². The van der Waals surface area contributed by atoms with Crippen molar-refractivity contribution >= 4 is 16.7 Å². The molecule has 3 aromatic rings. The maximum absolute atomic E-state index is 13.0. The van der Waals surface area contributed by atoms with Crippen molar-refractivity contribution < 1.29 is 9.53 Å². The van der Waals surface area contributed by atoms with Gasteiger partial charge in [-0.2, -0.15) is 5.10 Å². The molecule has 1 aliphatic heterocycles. The summed E-state index contributed by atoms with van der Waals surface area (Å²) >= 11 is 0. The lowest BCUT2D eigenvalue weighted by Gasteiger charge is -2.11. The SMILES string of the molecule is Cc1c2cnn(CC(=O)NCC3CCCO3)c(=O)c2c(C)n1Cc1ccccc1. The van der Waals surface area contributed by atoms with Crippen LogP contribution in [0.4, 0.5) is 0 Å². The smallest absolute Gasteiger partial charge is 0.276 e. The Morgan fingerprint density at radius 3 is 2.76 bits per heavy atom. The number of rotatable bonds is 6. The molecule has 1 amide bonds. The summed E-state index contributed by atoms with van der Waals surface area (Å²) in [4.78, 5) is 25.3. The van der Waals surface area contributed by atoms with Crippen LogP contribution in [0.1, 0.15) is 29.8 Å². The highest BCUT2D eigenvalue weighted by molar-refractivity contribution is 5.87. The predicted molar refractivity (Wildman–Crippen MR) is 111 cm³/mol. The van der Waals surface area contributed by atoms with Gasteiger partial charge in [0.05, 0.1) is 17.7 Å². The van der Waals surface area contributed by atoms with Gasteiger partial charge in [0.2, 0.25) is 5.91 Å². The van der Waals surface area contributed by atoms with Crippen LogP contribution in [0.25, 0.3) is 10.8 Å². The zero-order chi connectivity index (χ0) is 20.4. The maximum atomic E-state index is 13.0. The molecule has 7 nitrogen and oxygen atoms in total. The highest BCUT2D eigenvalue weighted by Crippen LogP contribution is 2.23. The number of nitrogens with one attached hydrogen (secondary N) is 1. The van der Waals surface area contributed by atoms with Gasteiger partial charge in [-0.25, -0.2) is 4.68 Å². The Labute approximate surface area is 169 Å². The van der Waals surface area contributed by atoms with Gasteiger partial charge >= 0.3 is 0 Å². The molecular weight excluding hydrogens is 368 g/mol. The summed E-state index contributed by atoms with van der Waals surface area (Å²) in [6, 6.07) is 10.1. The molecule has 7 heteroatoms. The van der Waals surface area contributed by atoms with E-state index < -0.39 is 0 Å². The average Bonchev–Trinajstić information content (AvgIpc) is 3.32. The first kappa shape index (κ1) is 19.4. The number of fused-ring (bicyclic) bond motifs is 1. The molecule has 1 fully saturated rings. The van der Waals surface area contributed by atoms with Crippen LogP contribution >= 0.6 is 0 Å². The molecule has 152 valence electrons. The molecule has 0 spiro atoms. The van der Waals surface area contributed by atoms with Crippen molar-refractivity contribution in [3.8, 4) is 0 Å². The highest BCUT2D eigenvalue weighted by atomic mass is 16.5. The van der Waals surface area contributed by atoms with Gasteiger partial charge in [0.1, 0.15) is 6.54 Å². The second kappa shape index (κ2) is 8.21. The molecule has 0 saturated carbocycles. The standard InChI is InChI=1S/C22H26N4O3/c1-15-19-12-24-26(14-20(27)23-11-18-9-6-10-29-18)22(28)21(19)16(2)25(15)13-17-7-4-3-5-8-17/h3-5,7-8,12,18H,6,9-11,13-14H2,1-2H3,(H,23,27). The second-order valence-electron chi connectivity index (χ2n) is 7.58. The number of aryl methyl sites for hydroxylation is 2. The van der Waals surface area contributed by atoms with E-state index in [1.165, 1.54) is 10.2 Å². The first-order valence-corrected chi connectivity index (χ1v) is 10.0. The van der Waals surface area contributed by atoms with Crippen LogP contribution in [-0.4, -0.2) is 39.5 Å². The number of carbonyl (C=O) groups excluding carboxylic acids is 1. The second-order valence-corrected chi connectivity index (χ2v) is 7.58. The van der Waals surface area contributed by atoms with E-state index in [-0.39, 0.29) is 24.1 Å². The summed E-state index contributed by atoms with van der Waals surface area (Å²) in [5.74, 6) is -0.229. The first-order chi connectivity index (χ1) is 14.0. The van der Waals surface area contributed by atoms with E-state index in [0.29, 0.717) is 18.5 Å². The fraction of sp³-hybridized carbons (Fsp3) is 0.409. The minimum absolute atomic E-state index is 0.0722. The lowest BCUT2D eigenvalue weighted by Crippen LogP contribution is -2.37. The van der Waals surface area contributed by atoms with Crippen LogP contribution < -0.4 is 10.9 Å². The molecule has 1 unspecified atom stereocenters. The number of nitrogens with zero attached hydrogens (tertiary/aromatic N) is 3. The summed E-state index contributed by atoms with van der Waals surface area (Å²) in [6.07, 6.45) is 3.74. The van der Waals surface area contributed by atoms with Crippen molar-refractivity contribution in [2.45, 2.75) is 45.9 Å². The third kappa shape index (κ3) is 3.96. The summed E-state index contributed by atoms with van der Waals surface area (Å²) in [5.41, 5.74) is 2.83. The van der Waals surface area contributed by atoms with Crippen LogP contribution in [0.2, 0.25) is 0 Å². The van der Waals surface area contributed by atoms with E-state index in [1.54, 1.807) is 6.20 Å². The highest BCUT2D eigenvalue weighted by Gasteiger charge is 2.19. The van der Waals surface area contributed by atoms with Crippen LogP contribution in [0.15, 0.2) is 41.3 Å². The molecule has 1 saturated heterocycles. The normalized spacial score (nSPS) is 16.4. The molecule has 1 aromatic carbocycles.